The Bertz CT molecular complexity index is 1390. The summed E-state index contributed by atoms with van der Waals surface area (Å²) in [6, 6.07) is 8.12. The number of nitrogens with zero attached hydrogens (tertiary/aromatic N) is 4. The van der Waals surface area contributed by atoms with Gasteiger partial charge in [0.05, 0.1) is 23.0 Å². The Kier molecular flexibility index (Phi) is 6.74. The van der Waals surface area contributed by atoms with E-state index in [1.807, 2.05) is 43.8 Å². The first-order valence-electron chi connectivity index (χ1n) is 10.7. The van der Waals surface area contributed by atoms with Crippen molar-refractivity contribution in [2.45, 2.75) is 20.1 Å². The zero-order valence-electron chi connectivity index (χ0n) is 19.2. The van der Waals surface area contributed by atoms with Gasteiger partial charge in [0.25, 0.3) is 0 Å². The average Bonchev–Trinajstić information content (AvgIpc) is 3.46. The van der Waals surface area contributed by atoms with Crippen LogP contribution in [0.5, 0.6) is 0 Å². The second-order valence-electron chi connectivity index (χ2n) is 7.53. The molecule has 0 saturated carbocycles. The van der Waals surface area contributed by atoms with E-state index in [4.69, 9.17) is 9.72 Å². The number of hydrogen-bond donors (Lipinski definition) is 4. The van der Waals surface area contributed by atoms with E-state index < -0.39 is 0 Å². The van der Waals surface area contributed by atoms with Gasteiger partial charge in [-0.2, -0.15) is 5.10 Å². The molecule has 170 valence electrons. The summed E-state index contributed by atoms with van der Waals surface area (Å²) in [6.07, 6.45) is 5.63. The van der Waals surface area contributed by atoms with Gasteiger partial charge in [-0.15, -0.1) is 0 Å². The summed E-state index contributed by atoms with van der Waals surface area (Å²) in [6.45, 7) is 3.38. The number of fused-ring (bicyclic) bond motifs is 2. The van der Waals surface area contributed by atoms with Gasteiger partial charge in [0.1, 0.15) is 5.69 Å². The van der Waals surface area contributed by atoms with Crippen LogP contribution in [0.1, 0.15) is 16.7 Å². The molecule has 0 spiro atoms. The van der Waals surface area contributed by atoms with Crippen LogP contribution in [0.4, 0.5) is 0 Å². The van der Waals surface area contributed by atoms with Crippen LogP contribution in [-0.4, -0.2) is 51.3 Å². The standard InChI is InChI=1S/C23H23N7O.CH5N/c1-13-16(8-24-2)9-25-11-18(13)15-7-17-21(29-30-22(17)26-10-15)23-27-19-6-4-5-14(12-31-3)20(19)28-23;1-2/h4-7,9-11,24H,8,12H2,1-3H3,(H,27,28)(H,26,29,30);2H2,1H3. The SMILES string of the molecule is CN.CNCc1cncc(-c2cnc3n[nH]c(-c4nc5c(COC)cccc5[nH]4)c3c2)c1C. The molecule has 0 bridgehead atoms. The van der Waals surface area contributed by atoms with E-state index in [1.54, 1.807) is 7.11 Å². The van der Waals surface area contributed by atoms with Gasteiger partial charge < -0.3 is 20.8 Å². The Morgan fingerprint density at radius 1 is 1.12 bits per heavy atom. The van der Waals surface area contributed by atoms with Crippen LogP contribution in [-0.2, 0) is 17.9 Å². The van der Waals surface area contributed by atoms with Crippen molar-refractivity contribution < 1.29 is 4.74 Å². The third kappa shape index (κ3) is 4.21. The molecule has 4 aromatic heterocycles. The van der Waals surface area contributed by atoms with Crippen molar-refractivity contribution in [1.29, 1.82) is 0 Å². The fraction of sp³-hybridized carbons (Fsp3) is 0.250. The molecule has 5 aromatic rings. The molecule has 5 rings (SSSR count). The first-order valence-corrected chi connectivity index (χ1v) is 10.7. The van der Waals surface area contributed by atoms with E-state index in [0.29, 0.717) is 12.3 Å². The van der Waals surface area contributed by atoms with Gasteiger partial charge in [0, 0.05) is 48.9 Å². The zero-order valence-corrected chi connectivity index (χ0v) is 19.2. The fourth-order valence-electron chi connectivity index (χ4n) is 3.94. The number of methoxy groups -OCH3 is 1. The number of aromatic nitrogens is 6. The first kappa shape index (κ1) is 22.5. The summed E-state index contributed by atoms with van der Waals surface area (Å²) >= 11 is 0. The smallest absolute Gasteiger partial charge is 0.181 e. The number of nitrogens with one attached hydrogen (secondary N) is 3. The Balaban J connectivity index is 0.00000126. The molecule has 5 N–H and O–H groups in total. The van der Waals surface area contributed by atoms with E-state index in [2.05, 4.69) is 49.2 Å². The van der Waals surface area contributed by atoms with Crippen LogP contribution in [0.25, 0.3) is 44.7 Å². The number of aromatic amines is 2. The predicted octanol–water partition coefficient (Wildman–Crippen LogP) is 3.31. The molecule has 9 nitrogen and oxygen atoms in total. The number of hydrogen-bond acceptors (Lipinski definition) is 7. The Morgan fingerprint density at radius 2 is 1.97 bits per heavy atom. The van der Waals surface area contributed by atoms with Gasteiger partial charge in [-0.05, 0) is 44.3 Å². The topological polar surface area (TPSA) is 130 Å². The zero-order chi connectivity index (χ0) is 23.4. The Labute approximate surface area is 191 Å². The van der Waals surface area contributed by atoms with Crippen molar-refractivity contribution >= 4 is 22.1 Å². The maximum atomic E-state index is 5.31. The minimum Gasteiger partial charge on any atom is -0.380 e. The Morgan fingerprint density at radius 3 is 2.76 bits per heavy atom. The van der Waals surface area contributed by atoms with E-state index in [0.717, 1.165) is 56.7 Å². The quantitative estimate of drug-likeness (QED) is 0.316. The number of para-hydroxylation sites is 1. The fourth-order valence-corrected chi connectivity index (χ4v) is 3.94. The highest BCUT2D eigenvalue weighted by atomic mass is 16.5. The minimum absolute atomic E-state index is 0.506. The number of rotatable bonds is 6. The van der Waals surface area contributed by atoms with E-state index in [1.165, 1.54) is 12.6 Å². The molecular weight excluding hydrogens is 416 g/mol. The van der Waals surface area contributed by atoms with Gasteiger partial charge in [0.15, 0.2) is 11.5 Å². The van der Waals surface area contributed by atoms with Crippen LogP contribution in [0.15, 0.2) is 42.9 Å². The highest BCUT2D eigenvalue weighted by molar-refractivity contribution is 5.94. The second-order valence-corrected chi connectivity index (χ2v) is 7.53. The van der Waals surface area contributed by atoms with Crippen molar-refractivity contribution in [3.05, 3.63) is 59.5 Å². The Hall–Kier alpha value is -3.66. The molecule has 0 fully saturated rings. The molecule has 33 heavy (non-hydrogen) atoms. The lowest BCUT2D eigenvalue weighted by atomic mass is 10.00. The number of ether oxygens (including phenoxy) is 1. The van der Waals surface area contributed by atoms with Crippen molar-refractivity contribution in [3.8, 4) is 22.6 Å². The molecule has 0 amide bonds. The molecule has 0 saturated heterocycles. The lowest BCUT2D eigenvalue weighted by Crippen LogP contribution is -2.07. The second kappa shape index (κ2) is 9.86. The van der Waals surface area contributed by atoms with Gasteiger partial charge in [-0.3, -0.25) is 10.1 Å². The molecule has 0 aliphatic rings. The van der Waals surface area contributed by atoms with Gasteiger partial charge >= 0.3 is 0 Å². The summed E-state index contributed by atoms with van der Waals surface area (Å²) < 4.78 is 5.31. The molecule has 9 heteroatoms. The van der Waals surface area contributed by atoms with Crippen molar-refractivity contribution in [2.75, 3.05) is 21.2 Å². The maximum Gasteiger partial charge on any atom is 0.181 e. The molecule has 0 radical (unpaired) electrons. The van der Waals surface area contributed by atoms with E-state index in [9.17, 15) is 0 Å². The average molecular weight is 445 g/mol. The molecule has 0 aliphatic carbocycles. The third-order valence-electron chi connectivity index (χ3n) is 5.54. The number of nitrogens with two attached hydrogens (primary N) is 1. The third-order valence-corrected chi connectivity index (χ3v) is 5.54. The van der Waals surface area contributed by atoms with Crippen molar-refractivity contribution in [3.63, 3.8) is 0 Å². The maximum absolute atomic E-state index is 5.31. The van der Waals surface area contributed by atoms with E-state index in [-0.39, 0.29) is 0 Å². The molecule has 0 atom stereocenters. The van der Waals surface area contributed by atoms with Gasteiger partial charge in [0.2, 0.25) is 0 Å². The largest absolute Gasteiger partial charge is 0.380 e. The first-order chi connectivity index (χ1) is 16.2. The van der Waals surface area contributed by atoms with Crippen LogP contribution in [0, 0.1) is 6.92 Å². The normalized spacial score (nSPS) is 11.1. The summed E-state index contributed by atoms with van der Waals surface area (Å²) in [7, 11) is 5.12. The number of H-pyrrole nitrogens is 2. The highest BCUT2D eigenvalue weighted by Gasteiger charge is 2.16. The molecule has 0 unspecified atom stereocenters. The lowest BCUT2D eigenvalue weighted by Gasteiger charge is -2.10. The van der Waals surface area contributed by atoms with Crippen molar-refractivity contribution in [2.24, 2.45) is 5.73 Å². The summed E-state index contributed by atoms with van der Waals surface area (Å²) in [5.41, 5.74) is 13.2. The lowest BCUT2D eigenvalue weighted by molar-refractivity contribution is 0.186. The molecule has 1 aromatic carbocycles. The van der Waals surface area contributed by atoms with Crippen LogP contribution < -0.4 is 11.1 Å². The minimum atomic E-state index is 0.506. The summed E-state index contributed by atoms with van der Waals surface area (Å²) in [5.74, 6) is 0.721. The molecule has 4 heterocycles. The number of benzene rings is 1. The number of imidazole rings is 1. The van der Waals surface area contributed by atoms with Crippen LogP contribution in [0.3, 0.4) is 0 Å². The highest BCUT2D eigenvalue weighted by Crippen LogP contribution is 2.31. The number of pyridine rings is 2. The monoisotopic (exact) mass is 444 g/mol. The predicted molar refractivity (Wildman–Crippen MR) is 131 cm³/mol. The van der Waals surface area contributed by atoms with Gasteiger partial charge in [-0.1, -0.05) is 12.1 Å². The molecule has 0 aliphatic heterocycles. The van der Waals surface area contributed by atoms with Crippen molar-refractivity contribution in [1.82, 2.24) is 35.5 Å². The van der Waals surface area contributed by atoms with Gasteiger partial charge in [-0.25, -0.2) is 9.97 Å². The van der Waals surface area contributed by atoms with Crippen LogP contribution >= 0.6 is 0 Å². The van der Waals surface area contributed by atoms with Crippen LogP contribution in [0.2, 0.25) is 0 Å². The van der Waals surface area contributed by atoms with E-state index >= 15 is 0 Å². The summed E-state index contributed by atoms with van der Waals surface area (Å²) in [4.78, 5) is 17.2. The molecular formula is C24H28N8O. The summed E-state index contributed by atoms with van der Waals surface area (Å²) in [5, 5.41) is 11.6.